The van der Waals surface area contributed by atoms with Crippen molar-refractivity contribution in [2.75, 3.05) is 6.54 Å². The molecule has 1 heterocycles. The van der Waals surface area contributed by atoms with Gasteiger partial charge in [-0.1, -0.05) is 18.2 Å². The molecule has 2 rings (SSSR count). The third kappa shape index (κ3) is 3.27. The Balaban J connectivity index is 2.07. The summed E-state index contributed by atoms with van der Waals surface area (Å²) in [7, 11) is -3.61. The van der Waals surface area contributed by atoms with Crippen molar-refractivity contribution in [3.63, 3.8) is 0 Å². The van der Waals surface area contributed by atoms with E-state index in [0.717, 1.165) is 0 Å². The molecule has 0 fully saturated rings. The summed E-state index contributed by atoms with van der Waals surface area (Å²) in [6.07, 6.45) is -0.939. The average Bonchev–Trinajstić information content (AvgIpc) is 2.76. The molecular weight excluding hydrogens is 278 g/mol. The SMILES string of the molecule is Cc1cc(C(O)CNS(=O)(=O)c2ccccc2)c(C)o1. The molecule has 2 aromatic rings. The van der Waals surface area contributed by atoms with E-state index in [0.29, 0.717) is 17.1 Å². The molecule has 0 aliphatic rings. The summed E-state index contributed by atoms with van der Waals surface area (Å²) >= 11 is 0. The van der Waals surface area contributed by atoms with Crippen molar-refractivity contribution in [2.24, 2.45) is 0 Å². The Labute approximate surface area is 118 Å². The maximum atomic E-state index is 12.0. The zero-order valence-electron chi connectivity index (χ0n) is 11.3. The molecule has 0 spiro atoms. The second-order valence-electron chi connectivity index (χ2n) is 4.55. The monoisotopic (exact) mass is 295 g/mol. The summed E-state index contributed by atoms with van der Waals surface area (Å²) in [5.74, 6) is 1.27. The minimum Gasteiger partial charge on any atom is -0.466 e. The third-order valence-electron chi connectivity index (χ3n) is 2.96. The highest BCUT2D eigenvalue weighted by Gasteiger charge is 2.19. The number of aliphatic hydroxyl groups is 1. The summed E-state index contributed by atoms with van der Waals surface area (Å²) in [6.45, 7) is 3.41. The van der Waals surface area contributed by atoms with E-state index in [1.54, 1.807) is 38.1 Å². The Kier molecular flexibility index (Phi) is 4.27. The molecule has 0 radical (unpaired) electrons. The lowest BCUT2D eigenvalue weighted by Crippen LogP contribution is -2.28. The topological polar surface area (TPSA) is 79.5 Å². The number of nitrogens with one attached hydrogen (secondary N) is 1. The number of aliphatic hydroxyl groups excluding tert-OH is 1. The van der Waals surface area contributed by atoms with Gasteiger partial charge in [-0.05, 0) is 32.0 Å². The van der Waals surface area contributed by atoms with Crippen molar-refractivity contribution in [1.29, 1.82) is 0 Å². The van der Waals surface area contributed by atoms with E-state index >= 15 is 0 Å². The number of benzene rings is 1. The van der Waals surface area contributed by atoms with E-state index < -0.39 is 16.1 Å². The lowest BCUT2D eigenvalue weighted by molar-refractivity contribution is 0.180. The molecule has 1 atom stereocenters. The van der Waals surface area contributed by atoms with Crippen molar-refractivity contribution < 1.29 is 17.9 Å². The Morgan fingerprint density at radius 1 is 1.25 bits per heavy atom. The van der Waals surface area contributed by atoms with Gasteiger partial charge in [0.25, 0.3) is 0 Å². The molecule has 0 saturated carbocycles. The summed E-state index contributed by atoms with van der Waals surface area (Å²) in [5, 5.41) is 10.0. The van der Waals surface area contributed by atoms with Crippen LogP contribution in [0.3, 0.4) is 0 Å². The highest BCUT2D eigenvalue weighted by molar-refractivity contribution is 7.89. The molecule has 1 unspecified atom stereocenters. The standard InChI is InChI=1S/C14H17NO4S/c1-10-8-13(11(2)19-10)14(16)9-15-20(17,18)12-6-4-3-5-7-12/h3-8,14-16H,9H2,1-2H3. The van der Waals surface area contributed by atoms with Crippen LogP contribution in [-0.4, -0.2) is 20.1 Å². The van der Waals surface area contributed by atoms with Crippen molar-refractivity contribution >= 4 is 10.0 Å². The Morgan fingerprint density at radius 2 is 1.90 bits per heavy atom. The van der Waals surface area contributed by atoms with Crippen LogP contribution in [0.15, 0.2) is 45.7 Å². The average molecular weight is 295 g/mol. The maximum Gasteiger partial charge on any atom is 0.240 e. The molecule has 0 aliphatic carbocycles. The molecule has 2 N–H and O–H groups in total. The first-order valence-corrected chi connectivity index (χ1v) is 7.68. The second-order valence-corrected chi connectivity index (χ2v) is 6.32. The molecule has 1 aromatic heterocycles. The molecular formula is C14H17NO4S. The van der Waals surface area contributed by atoms with Crippen molar-refractivity contribution in [3.05, 3.63) is 53.5 Å². The van der Waals surface area contributed by atoms with Crippen LogP contribution in [0.5, 0.6) is 0 Å². The van der Waals surface area contributed by atoms with Crippen LogP contribution in [-0.2, 0) is 10.0 Å². The van der Waals surface area contributed by atoms with E-state index in [4.69, 9.17) is 4.42 Å². The van der Waals surface area contributed by atoms with Crippen LogP contribution in [0.25, 0.3) is 0 Å². The quantitative estimate of drug-likeness (QED) is 0.883. The van der Waals surface area contributed by atoms with E-state index in [9.17, 15) is 13.5 Å². The fraction of sp³-hybridized carbons (Fsp3) is 0.286. The molecule has 5 nitrogen and oxygen atoms in total. The van der Waals surface area contributed by atoms with E-state index in [2.05, 4.69) is 4.72 Å². The largest absolute Gasteiger partial charge is 0.466 e. The summed E-state index contributed by atoms with van der Waals surface area (Å²) < 4.78 is 31.7. The zero-order chi connectivity index (χ0) is 14.8. The first-order valence-electron chi connectivity index (χ1n) is 6.20. The van der Waals surface area contributed by atoms with Crippen LogP contribution in [0, 0.1) is 13.8 Å². The van der Waals surface area contributed by atoms with Crippen LogP contribution in [0.2, 0.25) is 0 Å². The van der Waals surface area contributed by atoms with E-state index in [1.165, 1.54) is 12.1 Å². The Morgan fingerprint density at radius 3 is 2.45 bits per heavy atom. The fourth-order valence-electron chi connectivity index (χ4n) is 1.96. The van der Waals surface area contributed by atoms with Gasteiger partial charge in [-0.25, -0.2) is 13.1 Å². The first kappa shape index (κ1) is 14.8. The van der Waals surface area contributed by atoms with Crippen LogP contribution < -0.4 is 4.72 Å². The summed E-state index contributed by atoms with van der Waals surface area (Å²) in [5.41, 5.74) is 0.596. The maximum absolute atomic E-state index is 12.0. The minimum absolute atomic E-state index is 0.100. The molecule has 20 heavy (non-hydrogen) atoms. The molecule has 0 amide bonds. The van der Waals surface area contributed by atoms with Gasteiger partial charge in [0.1, 0.15) is 11.5 Å². The van der Waals surface area contributed by atoms with Crippen molar-refractivity contribution in [3.8, 4) is 0 Å². The fourth-order valence-corrected chi connectivity index (χ4v) is 3.02. The minimum atomic E-state index is -3.61. The van der Waals surface area contributed by atoms with Crippen LogP contribution in [0.1, 0.15) is 23.2 Å². The first-order chi connectivity index (χ1) is 9.40. The summed E-state index contributed by atoms with van der Waals surface area (Å²) in [4.78, 5) is 0.173. The highest BCUT2D eigenvalue weighted by atomic mass is 32.2. The predicted octanol–water partition coefficient (Wildman–Crippen LogP) is 1.91. The van der Waals surface area contributed by atoms with Crippen molar-refractivity contribution in [2.45, 2.75) is 24.8 Å². The van der Waals surface area contributed by atoms with Gasteiger partial charge in [0.15, 0.2) is 0 Å². The third-order valence-corrected chi connectivity index (χ3v) is 4.40. The van der Waals surface area contributed by atoms with Gasteiger partial charge in [0.2, 0.25) is 10.0 Å². The number of furan rings is 1. The van der Waals surface area contributed by atoms with Crippen LogP contribution in [0.4, 0.5) is 0 Å². The molecule has 1 aromatic carbocycles. The van der Waals surface area contributed by atoms with E-state index in [-0.39, 0.29) is 11.4 Å². The van der Waals surface area contributed by atoms with Gasteiger partial charge in [0, 0.05) is 12.1 Å². The normalized spacial score (nSPS) is 13.3. The van der Waals surface area contributed by atoms with Crippen molar-refractivity contribution in [1.82, 2.24) is 4.72 Å². The molecule has 0 saturated heterocycles. The Hall–Kier alpha value is -1.63. The number of hydrogen-bond donors (Lipinski definition) is 2. The lowest BCUT2D eigenvalue weighted by atomic mass is 10.1. The smallest absolute Gasteiger partial charge is 0.240 e. The molecule has 108 valence electrons. The molecule has 6 heteroatoms. The zero-order valence-corrected chi connectivity index (χ0v) is 12.1. The van der Waals surface area contributed by atoms with Gasteiger partial charge in [0.05, 0.1) is 11.0 Å². The van der Waals surface area contributed by atoms with Gasteiger partial charge >= 0.3 is 0 Å². The Bertz CT molecular complexity index is 676. The highest BCUT2D eigenvalue weighted by Crippen LogP contribution is 2.21. The van der Waals surface area contributed by atoms with E-state index in [1.807, 2.05) is 0 Å². The molecule has 0 aliphatic heterocycles. The number of sulfonamides is 1. The molecule has 0 bridgehead atoms. The van der Waals surface area contributed by atoms with Gasteiger partial charge in [-0.3, -0.25) is 0 Å². The van der Waals surface area contributed by atoms with Gasteiger partial charge in [-0.2, -0.15) is 0 Å². The number of rotatable bonds is 5. The number of hydrogen-bond acceptors (Lipinski definition) is 4. The lowest BCUT2D eigenvalue weighted by Gasteiger charge is -2.11. The van der Waals surface area contributed by atoms with Gasteiger partial charge < -0.3 is 9.52 Å². The van der Waals surface area contributed by atoms with Crippen LogP contribution >= 0.6 is 0 Å². The predicted molar refractivity (Wildman–Crippen MR) is 74.8 cm³/mol. The summed E-state index contributed by atoms with van der Waals surface area (Å²) in [6, 6.07) is 9.75. The second kappa shape index (κ2) is 5.78. The number of aryl methyl sites for hydroxylation is 2. The van der Waals surface area contributed by atoms with Gasteiger partial charge in [-0.15, -0.1) is 0 Å².